The van der Waals surface area contributed by atoms with Crippen molar-refractivity contribution in [2.75, 3.05) is 19.8 Å². The third-order valence-electron chi connectivity index (χ3n) is 3.47. The minimum Gasteiger partial charge on any atom is -0.394 e. The lowest BCUT2D eigenvalue weighted by molar-refractivity contribution is -0.0516. The van der Waals surface area contributed by atoms with Crippen molar-refractivity contribution in [3.05, 3.63) is 29.8 Å². The number of hydrogen-bond acceptors (Lipinski definition) is 5. The van der Waals surface area contributed by atoms with Gasteiger partial charge >= 0.3 is 0 Å². The minimum absolute atomic E-state index is 0.139. The highest BCUT2D eigenvalue weighted by atomic mass is 32.2. The highest BCUT2D eigenvalue weighted by molar-refractivity contribution is 7.89. The molecule has 7 heteroatoms. The van der Waals surface area contributed by atoms with Crippen LogP contribution in [0.2, 0.25) is 0 Å². The summed E-state index contributed by atoms with van der Waals surface area (Å²) in [6.07, 6.45) is -0.241. The van der Waals surface area contributed by atoms with Gasteiger partial charge in [0, 0.05) is 12.6 Å². The predicted molar refractivity (Wildman–Crippen MR) is 75.9 cm³/mol. The fourth-order valence-electron chi connectivity index (χ4n) is 2.24. The van der Waals surface area contributed by atoms with Gasteiger partial charge in [0.25, 0.3) is 0 Å². The van der Waals surface area contributed by atoms with Crippen LogP contribution in [-0.4, -0.2) is 49.7 Å². The van der Waals surface area contributed by atoms with Gasteiger partial charge in [-0.25, -0.2) is 8.42 Å². The minimum atomic E-state index is -3.63. The predicted octanol–water partition coefficient (Wildman–Crippen LogP) is 0.523. The smallest absolute Gasteiger partial charge is 0.243 e. The van der Waals surface area contributed by atoms with Crippen molar-refractivity contribution in [3.8, 4) is 6.07 Å². The largest absolute Gasteiger partial charge is 0.394 e. The lowest BCUT2D eigenvalue weighted by atomic mass is 10.2. The Morgan fingerprint density at radius 3 is 2.67 bits per heavy atom. The second-order valence-electron chi connectivity index (χ2n) is 5.04. The zero-order valence-electron chi connectivity index (χ0n) is 11.8. The first-order valence-electron chi connectivity index (χ1n) is 6.69. The second kappa shape index (κ2) is 6.54. The van der Waals surface area contributed by atoms with E-state index in [2.05, 4.69) is 0 Å². The van der Waals surface area contributed by atoms with Crippen LogP contribution in [0.4, 0.5) is 0 Å². The normalized spacial score (nSPS) is 23.7. The second-order valence-corrected chi connectivity index (χ2v) is 6.93. The van der Waals surface area contributed by atoms with E-state index in [9.17, 15) is 8.42 Å². The Morgan fingerprint density at radius 1 is 1.43 bits per heavy atom. The molecule has 1 heterocycles. The van der Waals surface area contributed by atoms with E-state index in [0.29, 0.717) is 0 Å². The van der Waals surface area contributed by atoms with Crippen molar-refractivity contribution in [2.24, 2.45) is 0 Å². The Balaban J connectivity index is 2.25. The summed E-state index contributed by atoms with van der Waals surface area (Å²) in [7, 11) is -3.63. The van der Waals surface area contributed by atoms with Gasteiger partial charge in [0.2, 0.25) is 10.0 Å². The molecule has 1 aliphatic heterocycles. The third kappa shape index (κ3) is 3.41. The van der Waals surface area contributed by atoms with E-state index in [-0.39, 0.29) is 37.1 Å². The molecule has 0 amide bonds. The maximum absolute atomic E-state index is 12.7. The average Bonchev–Trinajstić information content (AvgIpc) is 2.48. The summed E-state index contributed by atoms with van der Waals surface area (Å²) in [5.74, 6) is 0. The first-order valence-corrected chi connectivity index (χ1v) is 8.13. The first-order chi connectivity index (χ1) is 9.98. The number of rotatable bonds is 4. The molecule has 1 aromatic carbocycles. The molecule has 1 fully saturated rings. The van der Waals surface area contributed by atoms with E-state index < -0.39 is 16.1 Å². The molecule has 2 atom stereocenters. The topological polar surface area (TPSA) is 90.6 Å². The van der Waals surface area contributed by atoms with Crippen molar-refractivity contribution in [1.82, 2.24) is 4.31 Å². The summed E-state index contributed by atoms with van der Waals surface area (Å²) < 4.78 is 32.0. The third-order valence-corrected chi connectivity index (χ3v) is 5.46. The van der Waals surface area contributed by atoms with Gasteiger partial charge in [0.15, 0.2) is 0 Å². The number of benzene rings is 1. The fourth-order valence-corrected chi connectivity index (χ4v) is 3.89. The summed E-state index contributed by atoms with van der Waals surface area (Å²) in [4.78, 5) is 0.189. The van der Waals surface area contributed by atoms with Crippen molar-refractivity contribution in [3.63, 3.8) is 0 Å². The van der Waals surface area contributed by atoms with Crippen LogP contribution >= 0.6 is 0 Å². The molecule has 0 aromatic heterocycles. The van der Waals surface area contributed by atoms with Gasteiger partial charge in [-0.1, -0.05) is 12.1 Å². The number of aliphatic hydroxyl groups excluding tert-OH is 1. The molecule has 0 spiro atoms. The number of aliphatic hydroxyl groups is 1. The zero-order valence-corrected chi connectivity index (χ0v) is 12.6. The first kappa shape index (κ1) is 15.9. The van der Waals surface area contributed by atoms with Crippen LogP contribution in [0.1, 0.15) is 12.5 Å². The summed E-state index contributed by atoms with van der Waals surface area (Å²) >= 11 is 0. The molecule has 0 saturated carbocycles. The van der Waals surface area contributed by atoms with Crippen LogP contribution in [0, 0.1) is 11.3 Å². The Kier molecular flexibility index (Phi) is 4.96. The van der Waals surface area contributed by atoms with Gasteiger partial charge in [-0.2, -0.15) is 9.57 Å². The Hall–Kier alpha value is -1.46. The molecule has 0 radical (unpaired) electrons. The van der Waals surface area contributed by atoms with Gasteiger partial charge in [-0.3, -0.25) is 0 Å². The van der Waals surface area contributed by atoms with Crippen LogP contribution in [0.15, 0.2) is 29.2 Å². The van der Waals surface area contributed by atoms with E-state index >= 15 is 0 Å². The highest BCUT2D eigenvalue weighted by Crippen LogP contribution is 2.22. The van der Waals surface area contributed by atoms with Crippen LogP contribution in [0.25, 0.3) is 0 Å². The van der Waals surface area contributed by atoms with Gasteiger partial charge in [0.1, 0.15) is 0 Å². The molecular weight excluding hydrogens is 292 g/mol. The van der Waals surface area contributed by atoms with Crippen LogP contribution in [0.5, 0.6) is 0 Å². The standard InChI is InChI=1S/C14H18N2O4S/c1-11-10-20-13(9-17)8-16(11)21(18,19)14-4-2-12(3-5-14)6-7-15/h2-5,11,13,17H,6,8-10H2,1H3. The maximum Gasteiger partial charge on any atom is 0.243 e. The summed E-state index contributed by atoms with van der Waals surface area (Å²) in [6, 6.07) is 8.05. The molecule has 2 rings (SSSR count). The van der Waals surface area contributed by atoms with Gasteiger partial charge in [0.05, 0.1) is 36.7 Å². The molecule has 6 nitrogen and oxygen atoms in total. The number of ether oxygens (including phenoxy) is 1. The average molecular weight is 310 g/mol. The number of morpholine rings is 1. The maximum atomic E-state index is 12.7. The Morgan fingerprint density at radius 2 is 2.10 bits per heavy atom. The quantitative estimate of drug-likeness (QED) is 0.875. The molecule has 21 heavy (non-hydrogen) atoms. The lowest BCUT2D eigenvalue weighted by Gasteiger charge is -2.36. The van der Waals surface area contributed by atoms with Crippen LogP contribution in [0.3, 0.4) is 0 Å². The fraction of sp³-hybridized carbons (Fsp3) is 0.500. The van der Waals surface area contributed by atoms with E-state index in [4.69, 9.17) is 15.1 Å². The summed E-state index contributed by atoms with van der Waals surface area (Å²) in [6.45, 7) is 1.96. The van der Waals surface area contributed by atoms with Crippen molar-refractivity contribution in [1.29, 1.82) is 5.26 Å². The molecular formula is C14H18N2O4S. The van der Waals surface area contributed by atoms with Crippen molar-refractivity contribution >= 4 is 10.0 Å². The van der Waals surface area contributed by atoms with Crippen LogP contribution < -0.4 is 0 Å². The molecule has 2 unspecified atom stereocenters. The molecule has 1 saturated heterocycles. The summed E-state index contributed by atoms with van der Waals surface area (Å²) in [5, 5.41) is 17.8. The van der Waals surface area contributed by atoms with E-state index in [1.54, 1.807) is 19.1 Å². The molecule has 1 N–H and O–H groups in total. The zero-order chi connectivity index (χ0) is 15.5. The van der Waals surface area contributed by atoms with E-state index in [1.807, 2.05) is 6.07 Å². The number of nitriles is 1. The van der Waals surface area contributed by atoms with Crippen molar-refractivity contribution < 1.29 is 18.3 Å². The van der Waals surface area contributed by atoms with Gasteiger partial charge in [-0.05, 0) is 24.6 Å². The van der Waals surface area contributed by atoms with E-state index in [0.717, 1.165) is 5.56 Å². The molecule has 0 aliphatic carbocycles. The SMILES string of the molecule is CC1COC(CO)CN1S(=O)(=O)c1ccc(CC#N)cc1. The lowest BCUT2D eigenvalue weighted by Crippen LogP contribution is -2.51. The van der Waals surface area contributed by atoms with Gasteiger partial charge in [-0.15, -0.1) is 0 Å². The molecule has 114 valence electrons. The number of sulfonamides is 1. The Bertz CT molecular complexity index is 621. The van der Waals surface area contributed by atoms with Crippen LogP contribution in [-0.2, 0) is 21.2 Å². The van der Waals surface area contributed by atoms with E-state index in [1.165, 1.54) is 16.4 Å². The van der Waals surface area contributed by atoms with Crippen molar-refractivity contribution in [2.45, 2.75) is 30.4 Å². The summed E-state index contributed by atoms with van der Waals surface area (Å²) in [5.41, 5.74) is 0.778. The monoisotopic (exact) mass is 310 g/mol. The number of nitrogens with zero attached hydrogens (tertiary/aromatic N) is 2. The Labute approximate surface area is 124 Å². The number of hydrogen-bond donors (Lipinski definition) is 1. The highest BCUT2D eigenvalue weighted by Gasteiger charge is 2.35. The molecule has 1 aliphatic rings. The molecule has 0 bridgehead atoms. The molecule has 1 aromatic rings. The van der Waals surface area contributed by atoms with Gasteiger partial charge < -0.3 is 9.84 Å².